The number of carboxylic acids is 1. The van der Waals surface area contributed by atoms with E-state index in [1.165, 1.54) is 0 Å². The Bertz CT molecular complexity index is 687. The number of hydrogen-bond donors (Lipinski definition) is 1. The van der Waals surface area contributed by atoms with Crippen LogP contribution >= 0.6 is 11.6 Å². The third-order valence-corrected chi connectivity index (χ3v) is 3.43. The Labute approximate surface area is 135 Å². The SMILES string of the molecule is O=C(O)C(OCc1ccccc1)c1cc(C(F)(F)F)ccc1Cl. The molecule has 0 saturated heterocycles. The first kappa shape index (κ1) is 17.3. The Balaban J connectivity index is 2.29. The molecule has 0 heterocycles. The highest BCUT2D eigenvalue weighted by Gasteiger charge is 2.33. The van der Waals surface area contributed by atoms with E-state index in [0.29, 0.717) is 11.6 Å². The van der Waals surface area contributed by atoms with Gasteiger partial charge in [-0.2, -0.15) is 13.2 Å². The highest BCUT2D eigenvalue weighted by Crippen LogP contribution is 2.35. The van der Waals surface area contributed by atoms with Crippen molar-refractivity contribution in [2.75, 3.05) is 0 Å². The fourth-order valence-corrected chi connectivity index (χ4v) is 2.19. The quantitative estimate of drug-likeness (QED) is 0.855. The van der Waals surface area contributed by atoms with Crippen molar-refractivity contribution < 1.29 is 27.8 Å². The van der Waals surface area contributed by atoms with Gasteiger partial charge in [0.05, 0.1) is 12.2 Å². The van der Waals surface area contributed by atoms with Crippen molar-refractivity contribution in [3.63, 3.8) is 0 Å². The van der Waals surface area contributed by atoms with Gasteiger partial charge >= 0.3 is 12.1 Å². The topological polar surface area (TPSA) is 46.5 Å². The van der Waals surface area contributed by atoms with E-state index in [0.717, 1.165) is 12.1 Å². The molecule has 3 nitrogen and oxygen atoms in total. The first-order valence-corrected chi connectivity index (χ1v) is 6.92. The highest BCUT2D eigenvalue weighted by atomic mass is 35.5. The van der Waals surface area contributed by atoms with Crippen LogP contribution in [0.4, 0.5) is 13.2 Å². The maximum atomic E-state index is 12.8. The summed E-state index contributed by atoms with van der Waals surface area (Å²) < 4.78 is 43.6. The van der Waals surface area contributed by atoms with Gasteiger partial charge in [0.2, 0.25) is 0 Å². The van der Waals surface area contributed by atoms with Gasteiger partial charge < -0.3 is 9.84 Å². The average Bonchev–Trinajstić information content (AvgIpc) is 2.48. The van der Waals surface area contributed by atoms with Crippen molar-refractivity contribution in [3.8, 4) is 0 Å². The van der Waals surface area contributed by atoms with E-state index < -0.39 is 23.8 Å². The van der Waals surface area contributed by atoms with Gasteiger partial charge in [0, 0.05) is 10.6 Å². The Hall–Kier alpha value is -2.05. The molecule has 0 aromatic heterocycles. The zero-order valence-corrected chi connectivity index (χ0v) is 12.4. The van der Waals surface area contributed by atoms with Gasteiger partial charge in [-0.05, 0) is 23.8 Å². The fourth-order valence-electron chi connectivity index (χ4n) is 1.97. The Kier molecular flexibility index (Phi) is 5.28. The lowest BCUT2D eigenvalue weighted by Crippen LogP contribution is -2.17. The molecular weight excluding hydrogens is 333 g/mol. The number of benzene rings is 2. The standard InChI is InChI=1S/C16H12ClF3O3/c17-13-7-6-11(16(18,19)20)8-12(13)14(15(21)22)23-9-10-4-2-1-3-5-10/h1-8,14H,9H2,(H,21,22). The van der Waals surface area contributed by atoms with Crippen molar-refractivity contribution in [1.29, 1.82) is 0 Å². The molecule has 0 fully saturated rings. The molecule has 0 radical (unpaired) electrons. The summed E-state index contributed by atoms with van der Waals surface area (Å²) in [5, 5.41) is 9.16. The molecule has 7 heteroatoms. The molecule has 122 valence electrons. The monoisotopic (exact) mass is 344 g/mol. The van der Waals surface area contributed by atoms with E-state index in [9.17, 15) is 23.1 Å². The van der Waals surface area contributed by atoms with Crippen LogP contribution in [0.3, 0.4) is 0 Å². The zero-order chi connectivity index (χ0) is 17.0. The van der Waals surface area contributed by atoms with E-state index in [1.807, 2.05) is 0 Å². The first-order valence-electron chi connectivity index (χ1n) is 6.54. The van der Waals surface area contributed by atoms with Gasteiger partial charge in [-0.1, -0.05) is 41.9 Å². The van der Waals surface area contributed by atoms with Crippen LogP contribution in [0.25, 0.3) is 0 Å². The maximum Gasteiger partial charge on any atom is 0.416 e. The second kappa shape index (κ2) is 7.02. The summed E-state index contributed by atoms with van der Waals surface area (Å²) >= 11 is 5.86. The van der Waals surface area contributed by atoms with Crippen LogP contribution in [0, 0.1) is 0 Å². The summed E-state index contributed by atoms with van der Waals surface area (Å²) in [4.78, 5) is 11.4. The van der Waals surface area contributed by atoms with Gasteiger partial charge in [-0.25, -0.2) is 4.79 Å². The molecule has 1 unspecified atom stereocenters. The number of halogens is 4. The molecular formula is C16H12ClF3O3. The summed E-state index contributed by atoms with van der Waals surface area (Å²) in [5.41, 5.74) is -0.516. The molecule has 1 atom stereocenters. The van der Waals surface area contributed by atoms with Gasteiger partial charge in [0.1, 0.15) is 0 Å². The Morgan fingerprint density at radius 3 is 2.39 bits per heavy atom. The van der Waals surface area contributed by atoms with Crippen LogP contribution in [0.5, 0.6) is 0 Å². The van der Waals surface area contributed by atoms with Crippen molar-refractivity contribution in [3.05, 3.63) is 70.2 Å². The molecule has 1 N–H and O–H groups in total. The predicted molar refractivity (Wildman–Crippen MR) is 78.1 cm³/mol. The Morgan fingerprint density at radius 1 is 1.17 bits per heavy atom. The van der Waals surface area contributed by atoms with Crippen LogP contribution in [0.2, 0.25) is 5.02 Å². The van der Waals surface area contributed by atoms with Gasteiger partial charge in [0.25, 0.3) is 0 Å². The van der Waals surface area contributed by atoms with Crippen LogP contribution < -0.4 is 0 Å². The number of ether oxygens (including phenoxy) is 1. The van der Waals surface area contributed by atoms with E-state index >= 15 is 0 Å². The number of rotatable bonds is 5. The third-order valence-electron chi connectivity index (χ3n) is 3.09. The van der Waals surface area contributed by atoms with Crippen LogP contribution in [0.1, 0.15) is 22.8 Å². The molecule has 0 aliphatic carbocycles. The van der Waals surface area contributed by atoms with E-state index in [-0.39, 0.29) is 17.2 Å². The number of carbonyl (C=O) groups is 1. The van der Waals surface area contributed by atoms with E-state index in [4.69, 9.17) is 16.3 Å². The van der Waals surface area contributed by atoms with Crippen LogP contribution in [-0.4, -0.2) is 11.1 Å². The maximum absolute atomic E-state index is 12.8. The fraction of sp³-hybridized carbons (Fsp3) is 0.188. The lowest BCUT2D eigenvalue weighted by Gasteiger charge is -2.17. The minimum atomic E-state index is -4.60. The second-order valence-electron chi connectivity index (χ2n) is 4.75. The van der Waals surface area contributed by atoms with Crippen LogP contribution in [0.15, 0.2) is 48.5 Å². The minimum Gasteiger partial charge on any atom is -0.479 e. The molecule has 2 rings (SSSR count). The molecule has 0 amide bonds. The van der Waals surface area contributed by atoms with E-state index in [1.54, 1.807) is 30.3 Å². The number of alkyl halides is 3. The molecule has 0 aliphatic rings. The normalized spacial score (nSPS) is 12.9. The van der Waals surface area contributed by atoms with Crippen molar-refractivity contribution in [1.82, 2.24) is 0 Å². The molecule has 2 aromatic rings. The molecule has 0 spiro atoms. The zero-order valence-electron chi connectivity index (χ0n) is 11.7. The Morgan fingerprint density at radius 2 is 1.83 bits per heavy atom. The van der Waals surface area contributed by atoms with Gasteiger partial charge in [-0.15, -0.1) is 0 Å². The average molecular weight is 345 g/mol. The number of aliphatic carboxylic acids is 1. The predicted octanol–water partition coefficient (Wildman–Crippen LogP) is 4.70. The summed E-state index contributed by atoms with van der Waals surface area (Å²) in [6.45, 7) is -0.0651. The molecule has 0 bridgehead atoms. The smallest absolute Gasteiger partial charge is 0.416 e. The number of hydrogen-bond acceptors (Lipinski definition) is 2. The van der Waals surface area contributed by atoms with Crippen molar-refractivity contribution in [2.24, 2.45) is 0 Å². The summed E-state index contributed by atoms with van der Waals surface area (Å²) in [6.07, 6.45) is -6.19. The highest BCUT2D eigenvalue weighted by molar-refractivity contribution is 6.31. The summed E-state index contributed by atoms with van der Waals surface area (Å²) in [7, 11) is 0. The lowest BCUT2D eigenvalue weighted by molar-refractivity contribution is -0.152. The molecule has 0 saturated carbocycles. The van der Waals surface area contributed by atoms with E-state index in [2.05, 4.69) is 0 Å². The molecule has 23 heavy (non-hydrogen) atoms. The lowest BCUT2D eigenvalue weighted by atomic mass is 10.1. The third kappa shape index (κ3) is 4.46. The largest absolute Gasteiger partial charge is 0.479 e. The van der Waals surface area contributed by atoms with Crippen LogP contribution in [-0.2, 0) is 22.3 Å². The summed E-state index contributed by atoms with van der Waals surface area (Å²) in [6, 6.07) is 11.2. The van der Waals surface area contributed by atoms with Crippen molar-refractivity contribution >= 4 is 17.6 Å². The van der Waals surface area contributed by atoms with Gasteiger partial charge in [-0.3, -0.25) is 0 Å². The molecule has 2 aromatic carbocycles. The minimum absolute atomic E-state index is 0.0651. The first-order chi connectivity index (χ1) is 10.8. The molecule has 0 aliphatic heterocycles. The second-order valence-corrected chi connectivity index (χ2v) is 5.16. The number of carboxylic acid groups (broad SMARTS) is 1. The summed E-state index contributed by atoms with van der Waals surface area (Å²) in [5.74, 6) is -1.41. The van der Waals surface area contributed by atoms with Gasteiger partial charge in [0.15, 0.2) is 6.10 Å². The van der Waals surface area contributed by atoms with Crippen molar-refractivity contribution in [2.45, 2.75) is 18.9 Å².